The minimum atomic E-state index is -0.0452. The van der Waals surface area contributed by atoms with Gasteiger partial charge in [-0.25, -0.2) is 0 Å². The quantitative estimate of drug-likeness (QED) is 0.492. The van der Waals surface area contributed by atoms with Gasteiger partial charge in [0.2, 0.25) is 5.96 Å². The lowest BCUT2D eigenvalue weighted by atomic mass is 10.1. The summed E-state index contributed by atoms with van der Waals surface area (Å²) in [6.45, 7) is 0. The van der Waals surface area contributed by atoms with Gasteiger partial charge in [0, 0.05) is 0 Å². The van der Waals surface area contributed by atoms with E-state index in [1.807, 2.05) is 24.3 Å². The summed E-state index contributed by atoms with van der Waals surface area (Å²) in [4.78, 5) is 0. The lowest BCUT2D eigenvalue weighted by molar-refractivity contribution is 1.21. The highest BCUT2D eigenvalue weighted by Crippen LogP contribution is 2.21. The zero-order valence-corrected chi connectivity index (χ0v) is 9.89. The van der Waals surface area contributed by atoms with Crippen molar-refractivity contribution in [3.05, 3.63) is 46.7 Å². The van der Waals surface area contributed by atoms with Crippen molar-refractivity contribution < 1.29 is 0 Å². The summed E-state index contributed by atoms with van der Waals surface area (Å²) in [5, 5.41) is 11.5. The summed E-state index contributed by atoms with van der Waals surface area (Å²) in [5.41, 5.74) is 13.7. The van der Waals surface area contributed by atoms with Crippen LogP contribution in [0.1, 0.15) is 5.56 Å². The van der Waals surface area contributed by atoms with Crippen molar-refractivity contribution in [3.8, 4) is 11.1 Å². The Morgan fingerprint density at radius 1 is 1.06 bits per heavy atom. The summed E-state index contributed by atoms with van der Waals surface area (Å²) in [6.07, 6.45) is 1.61. The maximum atomic E-state index is 5.16. The second kappa shape index (κ2) is 5.27. The van der Waals surface area contributed by atoms with Gasteiger partial charge in [-0.05, 0) is 33.5 Å². The number of hydrogen-bond acceptors (Lipinski definition) is 3. The van der Waals surface area contributed by atoms with Gasteiger partial charge in [-0.3, -0.25) is 0 Å². The lowest BCUT2D eigenvalue weighted by Crippen LogP contribution is -2.21. The molecule has 0 atom stereocenters. The molecule has 0 aliphatic carbocycles. The Balaban J connectivity index is 2.14. The second-order valence-electron chi connectivity index (χ2n) is 3.40. The summed E-state index contributed by atoms with van der Waals surface area (Å²) in [7, 11) is 0. The smallest absolute Gasteiger partial charge is 0.211 e. The third-order valence-corrected chi connectivity index (χ3v) is 2.83. The third-order valence-electron chi connectivity index (χ3n) is 2.15. The summed E-state index contributed by atoms with van der Waals surface area (Å²) in [6, 6.07) is 10.1. The van der Waals surface area contributed by atoms with E-state index in [0.717, 1.165) is 5.56 Å². The third kappa shape index (κ3) is 3.15. The minimum absolute atomic E-state index is 0.0452. The molecule has 0 fully saturated rings. The van der Waals surface area contributed by atoms with E-state index in [-0.39, 0.29) is 5.96 Å². The molecule has 0 radical (unpaired) electrons. The van der Waals surface area contributed by atoms with E-state index >= 15 is 0 Å². The van der Waals surface area contributed by atoms with Gasteiger partial charge in [-0.2, -0.15) is 16.4 Å². The van der Waals surface area contributed by atoms with Crippen LogP contribution in [0.25, 0.3) is 11.1 Å². The molecule has 0 bridgehead atoms. The highest BCUT2D eigenvalue weighted by atomic mass is 32.1. The predicted octanol–water partition coefficient (Wildman–Crippen LogP) is 2.02. The van der Waals surface area contributed by atoms with Crippen LogP contribution < -0.4 is 11.5 Å². The zero-order valence-electron chi connectivity index (χ0n) is 9.08. The highest BCUT2D eigenvalue weighted by Gasteiger charge is 1.96. The van der Waals surface area contributed by atoms with Gasteiger partial charge < -0.3 is 11.5 Å². The van der Waals surface area contributed by atoms with E-state index in [9.17, 15) is 0 Å². The molecule has 0 saturated carbocycles. The van der Waals surface area contributed by atoms with Crippen LogP contribution in [0, 0.1) is 0 Å². The molecule has 1 aromatic heterocycles. The first-order valence-electron chi connectivity index (χ1n) is 5.00. The van der Waals surface area contributed by atoms with Gasteiger partial charge in [0.25, 0.3) is 0 Å². The number of rotatable bonds is 3. The van der Waals surface area contributed by atoms with Crippen molar-refractivity contribution in [2.45, 2.75) is 0 Å². The van der Waals surface area contributed by atoms with Crippen molar-refractivity contribution in [2.75, 3.05) is 0 Å². The molecule has 4 nitrogen and oxygen atoms in total. The molecule has 1 heterocycles. The SMILES string of the molecule is NC(N)=NN=Cc1ccc(-c2ccsc2)cc1. The first kappa shape index (κ1) is 11.3. The van der Waals surface area contributed by atoms with Crippen LogP contribution in [-0.4, -0.2) is 12.2 Å². The highest BCUT2D eigenvalue weighted by molar-refractivity contribution is 7.08. The van der Waals surface area contributed by atoms with Crippen LogP contribution in [0.5, 0.6) is 0 Å². The number of guanidine groups is 1. The Bertz CT molecular complexity index is 522. The number of nitrogens with two attached hydrogens (primary N) is 2. The first-order valence-corrected chi connectivity index (χ1v) is 5.94. The number of nitrogens with zero attached hydrogens (tertiary/aromatic N) is 2. The molecule has 5 heteroatoms. The summed E-state index contributed by atoms with van der Waals surface area (Å²) < 4.78 is 0. The standard InChI is InChI=1S/C12H12N4S/c13-12(14)16-15-7-9-1-3-10(4-2-9)11-5-6-17-8-11/h1-8H,(H4,13,14,16). The first-order chi connectivity index (χ1) is 8.25. The van der Waals surface area contributed by atoms with E-state index in [0.29, 0.717) is 0 Å². The fraction of sp³-hybridized carbons (Fsp3) is 0. The minimum Gasteiger partial charge on any atom is -0.369 e. The van der Waals surface area contributed by atoms with Gasteiger partial charge in [-0.1, -0.05) is 24.3 Å². The monoisotopic (exact) mass is 244 g/mol. The molecule has 4 N–H and O–H groups in total. The van der Waals surface area contributed by atoms with E-state index < -0.39 is 0 Å². The van der Waals surface area contributed by atoms with Crippen LogP contribution in [0.4, 0.5) is 0 Å². The molecule has 2 aromatic rings. The summed E-state index contributed by atoms with van der Waals surface area (Å²) in [5.74, 6) is -0.0452. The van der Waals surface area contributed by atoms with Crippen LogP contribution in [0.3, 0.4) is 0 Å². The second-order valence-corrected chi connectivity index (χ2v) is 4.18. The molecule has 0 spiro atoms. The molecule has 0 saturated heterocycles. The van der Waals surface area contributed by atoms with Gasteiger partial charge in [-0.15, -0.1) is 5.10 Å². The molecule has 1 aromatic carbocycles. The molecular weight excluding hydrogens is 232 g/mol. The molecule has 0 aliphatic rings. The van der Waals surface area contributed by atoms with Crippen LogP contribution in [-0.2, 0) is 0 Å². The normalized spacial score (nSPS) is 10.6. The van der Waals surface area contributed by atoms with E-state index in [1.165, 1.54) is 11.1 Å². The molecule has 0 amide bonds. The maximum absolute atomic E-state index is 5.16. The molecule has 0 unspecified atom stereocenters. The van der Waals surface area contributed by atoms with Crippen LogP contribution >= 0.6 is 11.3 Å². The molecule has 17 heavy (non-hydrogen) atoms. The van der Waals surface area contributed by atoms with Gasteiger partial charge in [0.15, 0.2) is 0 Å². The Labute approximate surface area is 103 Å². The fourth-order valence-corrected chi connectivity index (χ4v) is 2.02. The average molecular weight is 244 g/mol. The molecule has 0 aliphatic heterocycles. The lowest BCUT2D eigenvalue weighted by Gasteiger charge is -1.97. The Kier molecular flexibility index (Phi) is 3.52. The number of hydrogen-bond donors (Lipinski definition) is 2. The average Bonchev–Trinajstić information content (AvgIpc) is 2.83. The number of thiophene rings is 1. The van der Waals surface area contributed by atoms with Crippen molar-refractivity contribution in [1.29, 1.82) is 0 Å². The van der Waals surface area contributed by atoms with Crippen molar-refractivity contribution >= 4 is 23.5 Å². The van der Waals surface area contributed by atoms with Gasteiger partial charge in [0.1, 0.15) is 0 Å². The van der Waals surface area contributed by atoms with Gasteiger partial charge in [0.05, 0.1) is 6.21 Å². The number of benzene rings is 1. The Morgan fingerprint density at radius 2 is 1.82 bits per heavy atom. The van der Waals surface area contributed by atoms with Gasteiger partial charge >= 0.3 is 0 Å². The molecule has 2 rings (SSSR count). The maximum Gasteiger partial charge on any atom is 0.211 e. The van der Waals surface area contributed by atoms with E-state index in [2.05, 4.69) is 27.0 Å². The van der Waals surface area contributed by atoms with Crippen LogP contribution in [0.15, 0.2) is 51.3 Å². The zero-order chi connectivity index (χ0) is 12.1. The predicted molar refractivity (Wildman–Crippen MR) is 73.2 cm³/mol. The largest absolute Gasteiger partial charge is 0.369 e. The van der Waals surface area contributed by atoms with Crippen molar-refractivity contribution in [2.24, 2.45) is 21.7 Å². The van der Waals surface area contributed by atoms with E-state index in [4.69, 9.17) is 11.5 Å². The Hall–Kier alpha value is -2.14. The van der Waals surface area contributed by atoms with Crippen molar-refractivity contribution in [1.82, 2.24) is 0 Å². The fourth-order valence-electron chi connectivity index (χ4n) is 1.35. The Morgan fingerprint density at radius 3 is 2.41 bits per heavy atom. The molecule has 86 valence electrons. The van der Waals surface area contributed by atoms with E-state index in [1.54, 1.807) is 17.6 Å². The molecular formula is C12H12N4S. The van der Waals surface area contributed by atoms with Crippen LogP contribution in [0.2, 0.25) is 0 Å². The summed E-state index contributed by atoms with van der Waals surface area (Å²) >= 11 is 1.68. The van der Waals surface area contributed by atoms with Crippen molar-refractivity contribution in [3.63, 3.8) is 0 Å². The topological polar surface area (TPSA) is 76.8 Å².